The van der Waals surface area contributed by atoms with Gasteiger partial charge in [0.15, 0.2) is 0 Å². The molecule has 1 aromatic heterocycles. The fraction of sp³-hybridized carbons (Fsp3) is 0.625. The third-order valence-electron chi connectivity index (χ3n) is 4.15. The average Bonchev–Trinajstić information content (AvgIpc) is 2.94. The highest BCUT2D eigenvalue weighted by molar-refractivity contribution is 7.99. The molecule has 1 heterocycles. The van der Waals surface area contributed by atoms with E-state index in [4.69, 9.17) is 0 Å². The molecule has 2 atom stereocenters. The summed E-state index contributed by atoms with van der Waals surface area (Å²) in [6.45, 7) is 4.71. The van der Waals surface area contributed by atoms with Crippen LogP contribution in [0.15, 0.2) is 18.3 Å². The van der Waals surface area contributed by atoms with Gasteiger partial charge in [0.05, 0.1) is 12.2 Å². The van der Waals surface area contributed by atoms with Crippen molar-refractivity contribution in [1.29, 1.82) is 0 Å². The van der Waals surface area contributed by atoms with E-state index in [1.165, 1.54) is 6.42 Å². The lowest BCUT2D eigenvalue weighted by atomic mass is 10.2. The number of amides is 2. The summed E-state index contributed by atoms with van der Waals surface area (Å²) in [7, 11) is 1.91. The first kappa shape index (κ1) is 16.1. The molecule has 21 heavy (non-hydrogen) atoms. The molecule has 1 fully saturated rings. The third-order valence-corrected chi connectivity index (χ3v) is 5.39. The van der Waals surface area contributed by atoms with Crippen LogP contribution < -0.4 is 5.32 Å². The first-order valence-corrected chi connectivity index (χ1v) is 8.69. The Morgan fingerprint density at radius 2 is 2.33 bits per heavy atom. The second-order valence-corrected chi connectivity index (χ2v) is 7.16. The normalized spacial score (nSPS) is 21.3. The quantitative estimate of drug-likeness (QED) is 0.908. The lowest BCUT2D eigenvalue weighted by molar-refractivity contribution is 0.190. The number of aromatic nitrogens is 1. The maximum absolute atomic E-state index is 12.3. The number of hydrogen-bond donors (Lipinski definition) is 1. The summed E-state index contributed by atoms with van der Waals surface area (Å²) in [6, 6.07) is 4.31. The van der Waals surface area contributed by atoms with Crippen LogP contribution in [0.2, 0.25) is 0 Å². The fourth-order valence-electron chi connectivity index (χ4n) is 2.81. The number of rotatable bonds is 5. The van der Waals surface area contributed by atoms with Crippen LogP contribution >= 0.6 is 11.8 Å². The van der Waals surface area contributed by atoms with Gasteiger partial charge < -0.3 is 10.2 Å². The van der Waals surface area contributed by atoms with Gasteiger partial charge in [-0.1, -0.05) is 13.0 Å². The molecule has 1 saturated carbocycles. The number of carbonyl (C=O) groups is 1. The Morgan fingerprint density at radius 1 is 1.52 bits per heavy atom. The van der Waals surface area contributed by atoms with Crippen LogP contribution in [0.3, 0.4) is 0 Å². The third kappa shape index (κ3) is 4.37. The summed E-state index contributed by atoms with van der Waals surface area (Å²) in [5, 5.41) is 3.70. The topological polar surface area (TPSA) is 45.2 Å². The Hall–Kier alpha value is -1.23. The van der Waals surface area contributed by atoms with Gasteiger partial charge in [0.25, 0.3) is 0 Å². The molecule has 0 aromatic carbocycles. The molecule has 2 amide bonds. The summed E-state index contributed by atoms with van der Waals surface area (Å²) >= 11 is 2.02. The van der Waals surface area contributed by atoms with Gasteiger partial charge in [0, 0.05) is 24.5 Å². The minimum atomic E-state index is 0.00667. The van der Waals surface area contributed by atoms with Gasteiger partial charge in [-0.2, -0.15) is 11.8 Å². The molecule has 4 nitrogen and oxygen atoms in total. The Kier molecular flexibility index (Phi) is 5.91. The van der Waals surface area contributed by atoms with Gasteiger partial charge in [-0.05, 0) is 43.6 Å². The largest absolute Gasteiger partial charge is 0.332 e. The van der Waals surface area contributed by atoms with Crippen LogP contribution in [0.4, 0.5) is 4.79 Å². The monoisotopic (exact) mass is 307 g/mol. The van der Waals surface area contributed by atoms with Gasteiger partial charge in [-0.3, -0.25) is 4.98 Å². The van der Waals surface area contributed by atoms with E-state index in [0.29, 0.717) is 17.8 Å². The summed E-state index contributed by atoms with van der Waals surface area (Å²) in [4.78, 5) is 18.4. The minimum Gasteiger partial charge on any atom is -0.332 e. The number of nitrogens with one attached hydrogen (secondary N) is 1. The number of pyridine rings is 1. The van der Waals surface area contributed by atoms with Gasteiger partial charge in [0.2, 0.25) is 0 Å². The summed E-state index contributed by atoms with van der Waals surface area (Å²) in [5.74, 6) is 1.16. The van der Waals surface area contributed by atoms with Crippen molar-refractivity contribution in [2.24, 2.45) is 0 Å². The van der Waals surface area contributed by atoms with Crippen LogP contribution in [-0.4, -0.2) is 40.0 Å². The fourth-order valence-corrected chi connectivity index (χ4v) is 3.94. The predicted molar refractivity (Wildman–Crippen MR) is 88.5 cm³/mol. The molecule has 0 spiro atoms. The van der Waals surface area contributed by atoms with E-state index >= 15 is 0 Å². The standard InChI is InChI=1S/C16H25N3OS/c1-4-21-14-8-7-13(10-14)19(3)16(20)18-11-15-12(2)6-5-9-17-15/h5-6,9,13-14H,4,7-8,10-11H2,1-3H3,(H,18,20)/t13-,14-/m0/s1. The highest BCUT2D eigenvalue weighted by atomic mass is 32.2. The van der Waals surface area contributed by atoms with Crippen LogP contribution in [0, 0.1) is 6.92 Å². The zero-order valence-corrected chi connectivity index (χ0v) is 13.9. The second-order valence-electron chi connectivity index (χ2n) is 5.58. The van der Waals surface area contributed by atoms with E-state index in [9.17, 15) is 4.79 Å². The molecule has 5 heteroatoms. The van der Waals surface area contributed by atoms with Crippen LogP contribution in [-0.2, 0) is 6.54 Å². The van der Waals surface area contributed by atoms with Gasteiger partial charge in [-0.25, -0.2) is 4.79 Å². The second kappa shape index (κ2) is 7.69. The SMILES string of the molecule is CCS[C@H]1CC[C@H](N(C)C(=O)NCc2ncccc2C)C1. The maximum Gasteiger partial charge on any atom is 0.317 e. The van der Waals surface area contributed by atoms with Crippen molar-refractivity contribution >= 4 is 17.8 Å². The minimum absolute atomic E-state index is 0.00667. The highest BCUT2D eigenvalue weighted by Crippen LogP contribution is 2.32. The van der Waals surface area contributed by atoms with Crippen LogP contribution in [0.25, 0.3) is 0 Å². The smallest absolute Gasteiger partial charge is 0.317 e. The summed E-state index contributed by atoms with van der Waals surface area (Å²) in [5.41, 5.74) is 2.05. The molecule has 1 aromatic rings. The van der Waals surface area contributed by atoms with Crippen molar-refractivity contribution in [2.75, 3.05) is 12.8 Å². The lowest BCUT2D eigenvalue weighted by Gasteiger charge is -2.25. The first-order valence-electron chi connectivity index (χ1n) is 7.64. The van der Waals surface area contributed by atoms with E-state index in [1.54, 1.807) is 6.20 Å². The van der Waals surface area contributed by atoms with E-state index in [-0.39, 0.29) is 6.03 Å². The molecule has 1 aliphatic carbocycles. The van der Waals surface area contributed by atoms with E-state index in [2.05, 4.69) is 17.2 Å². The molecule has 0 saturated heterocycles. The molecule has 0 bridgehead atoms. The molecule has 0 aliphatic heterocycles. The highest BCUT2D eigenvalue weighted by Gasteiger charge is 2.29. The molecule has 2 rings (SSSR count). The summed E-state index contributed by atoms with van der Waals surface area (Å²) < 4.78 is 0. The molecule has 116 valence electrons. The van der Waals surface area contributed by atoms with Crippen molar-refractivity contribution in [2.45, 2.75) is 50.9 Å². The van der Waals surface area contributed by atoms with Gasteiger partial charge in [-0.15, -0.1) is 0 Å². The molecular weight excluding hydrogens is 282 g/mol. The van der Waals surface area contributed by atoms with E-state index in [1.807, 2.05) is 42.8 Å². The number of nitrogens with zero attached hydrogens (tertiary/aromatic N) is 2. The van der Waals surface area contributed by atoms with Crippen molar-refractivity contribution in [1.82, 2.24) is 15.2 Å². The number of urea groups is 1. The van der Waals surface area contributed by atoms with Crippen molar-refractivity contribution in [3.63, 3.8) is 0 Å². The zero-order chi connectivity index (χ0) is 15.2. The van der Waals surface area contributed by atoms with Crippen LogP contribution in [0.1, 0.15) is 37.4 Å². The van der Waals surface area contributed by atoms with Crippen molar-refractivity contribution in [3.05, 3.63) is 29.6 Å². The zero-order valence-electron chi connectivity index (χ0n) is 13.1. The molecular formula is C16H25N3OS. The number of hydrogen-bond acceptors (Lipinski definition) is 3. The Labute approximate surface area is 131 Å². The Balaban J connectivity index is 1.82. The van der Waals surface area contributed by atoms with Gasteiger partial charge in [0.1, 0.15) is 0 Å². The number of carbonyl (C=O) groups excluding carboxylic acids is 1. The molecule has 1 aliphatic rings. The Bertz CT molecular complexity index is 480. The Morgan fingerprint density at radius 3 is 3.05 bits per heavy atom. The van der Waals surface area contributed by atoms with Crippen molar-refractivity contribution in [3.8, 4) is 0 Å². The average molecular weight is 307 g/mol. The van der Waals surface area contributed by atoms with Crippen LogP contribution in [0.5, 0.6) is 0 Å². The first-order chi connectivity index (χ1) is 10.1. The molecule has 1 N–H and O–H groups in total. The maximum atomic E-state index is 12.3. The van der Waals surface area contributed by atoms with Gasteiger partial charge >= 0.3 is 6.03 Å². The number of aryl methyl sites for hydroxylation is 1. The van der Waals surface area contributed by atoms with E-state index in [0.717, 1.165) is 29.9 Å². The molecule has 0 unspecified atom stereocenters. The lowest BCUT2D eigenvalue weighted by Crippen LogP contribution is -2.42. The summed E-state index contributed by atoms with van der Waals surface area (Å²) in [6.07, 6.45) is 5.22. The number of thioether (sulfide) groups is 1. The molecule has 0 radical (unpaired) electrons. The predicted octanol–water partition coefficient (Wildman–Crippen LogP) is 3.21. The van der Waals surface area contributed by atoms with Crippen molar-refractivity contribution < 1.29 is 4.79 Å². The van der Waals surface area contributed by atoms with E-state index < -0.39 is 0 Å².